The second-order valence-electron chi connectivity index (χ2n) is 4.04. The van der Waals surface area contributed by atoms with E-state index in [-0.39, 0.29) is 5.91 Å². The minimum absolute atomic E-state index is 0.251. The second kappa shape index (κ2) is 5.90. The van der Waals surface area contributed by atoms with Gasteiger partial charge in [-0.05, 0) is 36.2 Å². The van der Waals surface area contributed by atoms with Crippen molar-refractivity contribution in [3.05, 3.63) is 47.4 Å². The van der Waals surface area contributed by atoms with Gasteiger partial charge >= 0.3 is 0 Å². The Morgan fingerprint density at radius 1 is 1.26 bits per heavy atom. The highest BCUT2D eigenvalue weighted by Gasteiger charge is 2.08. The number of pyridine rings is 1. The SMILES string of the molecule is CNc1ccc(C(=O)NCc2cnccc2C)nn1. The van der Waals surface area contributed by atoms with E-state index in [1.54, 1.807) is 31.6 Å². The summed E-state index contributed by atoms with van der Waals surface area (Å²) in [5.74, 6) is 0.373. The van der Waals surface area contributed by atoms with E-state index in [2.05, 4.69) is 25.8 Å². The molecule has 0 fully saturated rings. The summed E-state index contributed by atoms with van der Waals surface area (Å²) in [6, 6.07) is 5.24. The van der Waals surface area contributed by atoms with Gasteiger partial charge in [0.2, 0.25) is 0 Å². The molecule has 0 unspecified atom stereocenters. The molecule has 0 saturated carbocycles. The second-order valence-corrected chi connectivity index (χ2v) is 4.04. The maximum atomic E-state index is 11.9. The lowest BCUT2D eigenvalue weighted by Crippen LogP contribution is -2.24. The van der Waals surface area contributed by atoms with Crippen LogP contribution in [0.5, 0.6) is 0 Å². The van der Waals surface area contributed by atoms with Gasteiger partial charge in [0.15, 0.2) is 5.69 Å². The molecule has 0 aliphatic heterocycles. The van der Waals surface area contributed by atoms with Crippen molar-refractivity contribution in [3.8, 4) is 0 Å². The van der Waals surface area contributed by atoms with Gasteiger partial charge in [0.1, 0.15) is 5.82 Å². The quantitative estimate of drug-likeness (QED) is 0.859. The molecule has 19 heavy (non-hydrogen) atoms. The number of carbonyl (C=O) groups is 1. The van der Waals surface area contributed by atoms with Gasteiger partial charge in [0.25, 0.3) is 5.91 Å². The zero-order valence-corrected chi connectivity index (χ0v) is 10.8. The molecule has 0 aromatic carbocycles. The number of amides is 1. The number of carbonyl (C=O) groups excluding carboxylic acids is 1. The summed E-state index contributed by atoms with van der Waals surface area (Å²) < 4.78 is 0. The predicted molar refractivity (Wildman–Crippen MR) is 71.7 cm³/mol. The molecule has 2 aromatic rings. The fourth-order valence-electron chi connectivity index (χ4n) is 1.53. The van der Waals surface area contributed by atoms with Gasteiger partial charge in [-0.3, -0.25) is 9.78 Å². The van der Waals surface area contributed by atoms with E-state index in [0.717, 1.165) is 11.1 Å². The third-order valence-corrected chi connectivity index (χ3v) is 2.74. The number of nitrogens with zero attached hydrogens (tertiary/aromatic N) is 3. The lowest BCUT2D eigenvalue weighted by atomic mass is 10.1. The Morgan fingerprint density at radius 2 is 2.11 bits per heavy atom. The van der Waals surface area contributed by atoms with Crippen molar-refractivity contribution in [2.24, 2.45) is 0 Å². The molecule has 0 saturated heterocycles. The fourth-order valence-corrected chi connectivity index (χ4v) is 1.53. The highest BCUT2D eigenvalue weighted by molar-refractivity contribution is 5.92. The molecule has 2 aromatic heterocycles. The molecule has 98 valence electrons. The van der Waals surface area contributed by atoms with E-state index in [9.17, 15) is 4.79 Å². The van der Waals surface area contributed by atoms with Crippen molar-refractivity contribution in [3.63, 3.8) is 0 Å². The Labute approximate surface area is 111 Å². The Hall–Kier alpha value is -2.50. The monoisotopic (exact) mass is 257 g/mol. The Balaban J connectivity index is 1.99. The molecule has 2 N–H and O–H groups in total. The minimum Gasteiger partial charge on any atom is -0.372 e. The van der Waals surface area contributed by atoms with Crippen molar-refractivity contribution in [1.29, 1.82) is 0 Å². The van der Waals surface area contributed by atoms with E-state index < -0.39 is 0 Å². The number of hydrogen-bond acceptors (Lipinski definition) is 5. The molecule has 6 heteroatoms. The van der Waals surface area contributed by atoms with Gasteiger partial charge < -0.3 is 10.6 Å². The van der Waals surface area contributed by atoms with Crippen molar-refractivity contribution in [2.75, 3.05) is 12.4 Å². The predicted octanol–water partition coefficient (Wildman–Crippen LogP) is 1.15. The molecule has 0 aliphatic rings. The maximum Gasteiger partial charge on any atom is 0.272 e. The molecule has 0 spiro atoms. The van der Waals surface area contributed by atoms with Gasteiger partial charge in [-0.1, -0.05) is 0 Å². The Kier molecular flexibility index (Phi) is 4.02. The van der Waals surface area contributed by atoms with Crippen LogP contribution in [0, 0.1) is 6.92 Å². The number of aromatic nitrogens is 3. The highest BCUT2D eigenvalue weighted by atomic mass is 16.1. The summed E-state index contributed by atoms with van der Waals surface area (Å²) in [7, 11) is 1.74. The molecule has 1 amide bonds. The molecular weight excluding hydrogens is 242 g/mol. The molecule has 0 radical (unpaired) electrons. The Bertz CT molecular complexity index is 568. The summed E-state index contributed by atoms with van der Waals surface area (Å²) in [5, 5.41) is 13.3. The normalized spacial score (nSPS) is 10.0. The summed E-state index contributed by atoms with van der Waals surface area (Å²) in [6.45, 7) is 2.40. The van der Waals surface area contributed by atoms with Gasteiger partial charge in [-0.25, -0.2) is 0 Å². The third kappa shape index (κ3) is 3.25. The number of hydrogen-bond donors (Lipinski definition) is 2. The smallest absolute Gasteiger partial charge is 0.272 e. The van der Waals surface area contributed by atoms with E-state index >= 15 is 0 Å². The summed E-state index contributed by atoms with van der Waals surface area (Å²) in [4.78, 5) is 15.9. The van der Waals surface area contributed by atoms with Crippen LogP contribution in [-0.2, 0) is 6.54 Å². The number of rotatable bonds is 4. The largest absolute Gasteiger partial charge is 0.372 e. The summed E-state index contributed by atoms with van der Waals surface area (Å²) >= 11 is 0. The van der Waals surface area contributed by atoms with E-state index in [1.165, 1.54) is 0 Å². The highest BCUT2D eigenvalue weighted by Crippen LogP contribution is 2.05. The number of nitrogens with one attached hydrogen (secondary N) is 2. The van der Waals surface area contributed by atoms with E-state index in [0.29, 0.717) is 18.1 Å². The lowest BCUT2D eigenvalue weighted by Gasteiger charge is -2.06. The van der Waals surface area contributed by atoms with Gasteiger partial charge in [0.05, 0.1) is 0 Å². The zero-order chi connectivity index (χ0) is 13.7. The van der Waals surface area contributed by atoms with Gasteiger partial charge in [0, 0.05) is 26.0 Å². The zero-order valence-electron chi connectivity index (χ0n) is 10.8. The third-order valence-electron chi connectivity index (χ3n) is 2.74. The first kappa shape index (κ1) is 12.9. The Morgan fingerprint density at radius 3 is 2.74 bits per heavy atom. The average Bonchev–Trinajstić information content (AvgIpc) is 2.46. The summed E-state index contributed by atoms with van der Waals surface area (Å²) in [5.41, 5.74) is 2.36. The number of anilines is 1. The lowest BCUT2D eigenvalue weighted by molar-refractivity contribution is 0.0945. The fraction of sp³-hybridized carbons (Fsp3) is 0.231. The molecule has 0 aliphatic carbocycles. The molecular formula is C13H15N5O. The van der Waals surface area contributed by atoms with Crippen LogP contribution < -0.4 is 10.6 Å². The van der Waals surface area contributed by atoms with Crippen molar-refractivity contribution < 1.29 is 4.79 Å². The maximum absolute atomic E-state index is 11.9. The molecule has 0 bridgehead atoms. The van der Waals surface area contributed by atoms with Crippen LogP contribution in [-0.4, -0.2) is 28.1 Å². The van der Waals surface area contributed by atoms with Crippen LogP contribution in [0.3, 0.4) is 0 Å². The van der Waals surface area contributed by atoms with Crippen LogP contribution >= 0.6 is 0 Å². The molecule has 6 nitrogen and oxygen atoms in total. The van der Waals surface area contributed by atoms with Gasteiger partial charge in [-0.2, -0.15) is 0 Å². The standard InChI is InChI=1S/C13H15N5O/c1-9-5-6-15-7-10(9)8-16-13(19)11-3-4-12(14-2)18-17-11/h3-7H,8H2,1-2H3,(H,14,18)(H,16,19). The van der Waals surface area contributed by atoms with Crippen molar-refractivity contribution >= 4 is 11.7 Å². The van der Waals surface area contributed by atoms with Gasteiger partial charge in [-0.15, -0.1) is 10.2 Å². The first-order chi connectivity index (χ1) is 9.20. The topological polar surface area (TPSA) is 79.8 Å². The molecule has 2 heterocycles. The van der Waals surface area contributed by atoms with Crippen LogP contribution in [0.25, 0.3) is 0 Å². The van der Waals surface area contributed by atoms with E-state index in [1.807, 2.05) is 13.0 Å². The molecule has 2 rings (SSSR count). The minimum atomic E-state index is -0.251. The summed E-state index contributed by atoms with van der Waals surface area (Å²) in [6.07, 6.45) is 3.47. The first-order valence-corrected chi connectivity index (χ1v) is 5.90. The molecule has 0 atom stereocenters. The van der Waals surface area contributed by atoms with Crippen LogP contribution in [0.2, 0.25) is 0 Å². The average molecular weight is 257 g/mol. The van der Waals surface area contributed by atoms with Crippen LogP contribution in [0.4, 0.5) is 5.82 Å². The van der Waals surface area contributed by atoms with Crippen LogP contribution in [0.1, 0.15) is 21.6 Å². The number of aryl methyl sites for hydroxylation is 1. The first-order valence-electron chi connectivity index (χ1n) is 5.90. The van der Waals surface area contributed by atoms with Crippen molar-refractivity contribution in [2.45, 2.75) is 13.5 Å². The van der Waals surface area contributed by atoms with Crippen LogP contribution in [0.15, 0.2) is 30.6 Å². The van der Waals surface area contributed by atoms with E-state index in [4.69, 9.17) is 0 Å². The van der Waals surface area contributed by atoms with Crippen molar-refractivity contribution in [1.82, 2.24) is 20.5 Å².